The average Bonchev–Trinajstić information content (AvgIpc) is 3.14. The second-order valence-corrected chi connectivity index (χ2v) is 5.34. The van der Waals surface area contributed by atoms with Gasteiger partial charge in [0.1, 0.15) is 24.0 Å². The Bertz CT molecular complexity index is 608. The predicted molar refractivity (Wildman–Crippen MR) is 81.6 cm³/mol. The molecule has 1 aromatic rings. The van der Waals surface area contributed by atoms with Gasteiger partial charge >= 0.3 is 0 Å². The molecule has 0 spiro atoms. The molecule has 132 valence electrons. The Morgan fingerprint density at radius 1 is 1.33 bits per heavy atom. The molecule has 0 radical (unpaired) electrons. The van der Waals surface area contributed by atoms with Gasteiger partial charge in [-0.1, -0.05) is 5.92 Å². The number of carbonyl (C=O) groups excluding carboxylic acids is 1. The van der Waals surface area contributed by atoms with Crippen molar-refractivity contribution < 1.29 is 30.0 Å². The van der Waals surface area contributed by atoms with Crippen LogP contribution in [0.15, 0.2) is 6.33 Å². The molecule has 9 nitrogen and oxygen atoms in total. The van der Waals surface area contributed by atoms with Crippen LogP contribution in [0, 0.1) is 11.8 Å². The lowest BCUT2D eigenvalue weighted by atomic mass is 10.1. The molecule has 24 heavy (non-hydrogen) atoms. The highest BCUT2D eigenvalue weighted by molar-refractivity contribution is 5.94. The number of aromatic nitrogens is 2. The largest absolute Gasteiger partial charge is 0.396 e. The Morgan fingerprint density at radius 2 is 2.12 bits per heavy atom. The smallest absolute Gasteiger partial charge is 0.274 e. The number of unbranched alkanes of at least 4 members (excludes halogenated alkanes) is 2. The van der Waals surface area contributed by atoms with E-state index < -0.39 is 37.1 Å². The van der Waals surface area contributed by atoms with Crippen molar-refractivity contribution in [1.82, 2.24) is 15.3 Å². The summed E-state index contributed by atoms with van der Waals surface area (Å²) in [6, 6.07) is 0. The summed E-state index contributed by atoms with van der Waals surface area (Å²) in [6.45, 7) is -0.360. The molecular weight excluding hydrogens is 318 g/mol. The molecule has 9 heteroatoms. The first kappa shape index (κ1) is 18.4. The predicted octanol–water partition coefficient (Wildman–Crippen LogP) is -1.91. The van der Waals surface area contributed by atoms with Crippen molar-refractivity contribution in [2.45, 2.75) is 43.8 Å². The van der Waals surface area contributed by atoms with Gasteiger partial charge in [0.05, 0.1) is 12.9 Å². The van der Waals surface area contributed by atoms with Gasteiger partial charge in [-0.3, -0.25) is 4.79 Å². The van der Waals surface area contributed by atoms with Crippen LogP contribution in [0.2, 0.25) is 0 Å². The maximum atomic E-state index is 12.2. The summed E-state index contributed by atoms with van der Waals surface area (Å²) in [7, 11) is 0. The zero-order valence-corrected chi connectivity index (χ0v) is 13.0. The van der Waals surface area contributed by atoms with E-state index in [0.29, 0.717) is 18.5 Å². The van der Waals surface area contributed by atoms with Crippen molar-refractivity contribution in [3.63, 3.8) is 0 Å². The fraction of sp³-hybridized carbons (Fsp3) is 0.600. The average molecular weight is 339 g/mol. The van der Waals surface area contributed by atoms with Crippen molar-refractivity contribution in [3.05, 3.63) is 17.7 Å². The lowest BCUT2D eigenvalue weighted by Gasteiger charge is -2.15. The summed E-state index contributed by atoms with van der Waals surface area (Å²) in [6.07, 6.45) is -1.43. The molecule has 0 unspecified atom stereocenters. The summed E-state index contributed by atoms with van der Waals surface area (Å²) < 4.78 is 5.19. The van der Waals surface area contributed by atoms with Crippen LogP contribution in [-0.2, 0) is 4.74 Å². The Labute approximate surface area is 138 Å². The lowest BCUT2D eigenvalue weighted by molar-refractivity contribution is -0.0305. The molecule has 4 atom stereocenters. The van der Waals surface area contributed by atoms with Gasteiger partial charge in [-0.05, 0) is 18.8 Å². The maximum Gasteiger partial charge on any atom is 0.274 e. The van der Waals surface area contributed by atoms with Crippen molar-refractivity contribution in [3.8, 4) is 11.8 Å². The Morgan fingerprint density at radius 3 is 2.79 bits per heavy atom. The van der Waals surface area contributed by atoms with E-state index >= 15 is 0 Å². The summed E-state index contributed by atoms with van der Waals surface area (Å²) in [5.41, 5.74) is 0.366. The fourth-order valence-corrected chi connectivity index (χ4v) is 2.25. The van der Waals surface area contributed by atoms with Crippen LogP contribution >= 0.6 is 0 Å². The SMILES string of the molecule is O=C(N[C@@H]1O[C@H](CO)[C@@H](O)[C@H]1O)c1nc[nH]c1C#CCCCCO. The van der Waals surface area contributed by atoms with E-state index in [1.807, 2.05) is 0 Å². The number of imidazole rings is 1. The van der Waals surface area contributed by atoms with Crippen LogP contribution in [0.1, 0.15) is 35.4 Å². The van der Waals surface area contributed by atoms with Crippen molar-refractivity contribution in [2.24, 2.45) is 0 Å². The summed E-state index contributed by atoms with van der Waals surface area (Å²) in [4.78, 5) is 18.9. The second kappa shape index (κ2) is 8.77. The van der Waals surface area contributed by atoms with Gasteiger partial charge in [0.25, 0.3) is 5.91 Å². The van der Waals surface area contributed by atoms with E-state index in [9.17, 15) is 15.0 Å². The van der Waals surface area contributed by atoms with Gasteiger partial charge in [0.15, 0.2) is 11.9 Å². The standard InChI is InChI=1S/C15H21N3O6/c19-6-4-2-1-3-5-9-11(17-8-16-9)14(23)18-15-13(22)12(21)10(7-20)24-15/h8,10,12-13,15,19-22H,1-2,4,6-7H2,(H,16,17)(H,18,23)/t10-,12-,13-,15-/m1/s1. The first-order valence-electron chi connectivity index (χ1n) is 7.65. The highest BCUT2D eigenvalue weighted by Crippen LogP contribution is 2.19. The topological polar surface area (TPSA) is 148 Å². The fourth-order valence-electron chi connectivity index (χ4n) is 2.25. The monoisotopic (exact) mass is 339 g/mol. The zero-order chi connectivity index (χ0) is 17.5. The molecule has 1 aromatic heterocycles. The molecule has 2 rings (SSSR count). The number of aromatic amines is 1. The number of rotatable bonds is 6. The van der Waals surface area contributed by atoms with Gasteiger partial charge in [-0.15, -0.1) is 0 Å². The molecule has 1 aliphatic heterocycles. The van der Waals surface area contributed by atoms with Crippen molar-refractivity contribution in [1.29, 1.82) is 0 Å². The van der Waals surface area contributed by atoms with Crippen LogP contribution in [0.25, 0.3) is 0 Å². The van der Waals surface area contributed by atoms with Gasteiger partial charge in [0, 0.05) is 13.0 Å². The van der Waals surface area contributed by atoms with Gasteiger partial charge in [0.2, 0.25) is 0 Å². The molecule has 1 saturated heterocycles. The van der Waals surface area contributed by atoms with E-state index in [2.05, 4.69) is 27.1 Å². The molecular formula is C15H21N3O6. The number of nitrogens with zero attached hydrogens (tertiary/aromatic N) is 1. The van der Waals surface area contributed by atoms with Crippen molar-refractivity contribution in [2.75, 3.05) is 13.2 Å². The number of hydrogen-bond acceptors (Lipinski definition) is 7. The number of amides is 1. The van der Waals surface area contributed by atoms with Crippen LogP contribution in [0.3, 0.4) is 0 Å². The summed E-state index contributed by atoms with van der Waals surface area (Å²) in [5.74, 6) is 5.05. The third-order valence-electron chi connectivity index (χ3n) is 3.59. The number of ether oxygens (including phenoxy) is 1. The first-order chi connectivity index (χ1) is 11.6. The normalized spacial score (nSPS) is 26.0. The summed E-state index contributed by atoms with van der Waals surface area (Å²) >= 11 is 0. The van der Waals surface area contributed by atoms with E-state index in [-0.39, 0.29) is 12.3 Å². The third kappa shape index (κ3) is 4.31. The minimum absolute atomic E-state index is 0.0439. The summed E-state index contributed by atoms with van der Waals surface area (Å²) in [5, 5.41) is 39.6. The van der Waals surface area contributed by atoms with E-state index in [0.717, 1.165) is 6.42 Å². The zero-order valence-electron chi connectivity index (χ0n) is 13.0. The molecule has 0 aromatic carbocycles. The quantitative estimate of drug-likeness (QED) is 0.262. The highest BCUT2D eigenvalue weighted by Gasteiger charge is 2.43. The van der Waals surface area contributed by atoms with Crippen LogP contribution in [0.5, 0.6) is 0 Å². The Kier molecular flexibility index (Phi) is 6.72. The first-order valence-corrected chi connectivity index (χ1v) is 7.65. The molecule has 1 aliphatic rings. The van der Waals surface area contributed by atoms with Crippen molar-refractivity contribution >= 4 is 5.91 Å². The number of nitrogens with one attached hydrogen (secondary N) is 2. The van der Waals surface area contributed by atoms with Crippen LogP contribution in [-0.4, -0.2) is 74.1 Å². The number of aliphatic hydroxyl groups is 4. The number of carbonyl (C=O) groups is 1. The molecule has 1 amide bonds. The van der Waals surface area contributed by atoms with E-state index in [1.54, 1.807) is 0 Å². The molecule has 6 N–H and O–H groups in total. The van der Waals surface area contributed by atoms with Gasteiger partial charge in [-0.25, -0.2) is 4.98 Å². The highest BCUT2D eigenvalue weighted by atomic mass is 16.6. The third-order valence-corrected chi connectivity index (χ3v) is 3.59. The second-order valence-electron chi connectivity index (χ2n) is 5.34. The molecule has 0 bridgehead atoms. The van der Waals surface area contributed by atoms with Gasteiger partial charge < -0.3 is 35.5 Å². The number of H-pyrrole nitrogens is 1. The minimum atomic E-state index is -1.35. The van der Waals surface area contributed by atoms with Gasteiger partial charge in [-0.2, -0.15) is 0 Å². The maximum absolute atomic E-state index is 12.2. The molecule has 1 fully saturated rings. The van der Waals surface area contributed by atoms with Crippen LogP contribution < -0.4 is 5.32 Å². The van der Waals surface area contributed by atoms with E-state index in [4.69, 9.17) is 14.9 Å². The molecule has 0 saturated carbocycles. The lowest BCUT2D eigenvalue weighted by Crippen LogP contribution is -2.44. The molecule has 0 aliphatic carbocycles. The van der Waals surface area contributed by atoms with Crippen LogP contribution in [0.4, 0.5) is 0 Å². The Hall–Kier alpha value is -1.96. The number of aliphatic hydroxyl groups excluding tert-OH is 4. The Balaban J connectivity index is 1.97. The minimum Gasteiger partial charge on any atom is -0.396 e. The molecule has 2 heterocycles. The number of hydrogen-bond donors (Lipinski definition) is 6. The van der Waals surface area contributed by atoms with E-state index in [1.165, 1.54) is 6.33 Å².